The monoisotopic (exact) mass is 352 g/mol. The Balaban J connectivity index is 1.86. The van der Waals surface area contributed by atoms with Gasteiger partial charge in [0, 0.05) is 11.7 Å². The zero-order valence-electron chi connectivity index (χ0n) is 14.7. The number of sulfone groups is 1. The summed E-state index contributed by atoms with van der Waals surface area (Å²) in [7, 11) is -3.44. The maximum absolute atomic E-state index is 11.6. The number of hydrogen-bond acceptors (Lipinski definition) is 6. The van der Waals surface area contributed by atoms with Gasteiger partial charge >= 0.3 is 7.12 Å². The lowest BCUT2D eigenvalue weighted by Gasteiger charge is -2.32. The minimum Gasteiger partial charge on any atom is -0.399 e. The van der Waals surface area contributed by atoms with Gasteiger partial charge < -0.3 is 15.0 Å². The lowest BCUT2D eigenvalue weighted by molar-refractivity contribution is 0.00578. The Kier molecular flexibility index (Phi) is 4.21. The molecular formula is C16H25BN2O4S. The predicted octanol–water partition coefficient (Wildman–Crippen LogP) is 1.26. The summed E-state index contributed by atoms with van der Waals surface area (Å²) >= 11 is 0. The quantitative estimate of drug-likeness (QED) is 0.806. The van der Waals surface area contributed by atoms with E-state index in [2.05, 4.69) is 4.98 Å². The van der Waals surface area contributed by atoms with E-state index in [1.165, 1.54) is 0 Å². The van der Waals surface area contributed by atoms with Crippen molar-refractivity contribution in [3.8, 4) is 0 Å². The van der Waals surface area contributed by atoms with E-state index in [9.17, 15) is 8.42 Å². The van der Waals surface area contributed by atoms with Gasteiger partial charge in [-0.05, 0) is 52.0 Å². The molecule has 132 valence electrons. The Morgan fingerprint density at radius 1 is 1.17 bits per heavy atom. The van der Waals surface area contributed by atoms with Crippen LogP contribution >= 0.6 is 0 Å². The van der Waals surface area contributed by atoms with Crippen molar-refractivity contribution in [1.29, 1.82) is 0 Å². The molecule has 0 aliphatic carbocycles. The number of nitrogen functional groups attached to an aromatic ring is 1. The van der Waals surface area contributed by atoms with Gasteiger partial charge in [-0.3, -0.25) is 0 Å². The molecule has 24 heavy (non-hydrogen) atoms. The topological polar surface area (TPSA) is 91.5 Å². The Hall–Kier alpha value is -1.12. The maximum atomic E-state index is 11.6. The van der Waals surface area contributed by atoms with Gasteiger partial charge in [0.15, 0.2) is 0 Å². The molecule has 2 N–H and O–H groups in total. The Labute approximate surface area is 144 Å². The number of nitrogens with two attached hydrogens (primary N) is 1. The van der Waals surface area contributed by atoms with Crippen molar-refractivity contribution < 1.29 is 17.7 Å². The molecule has 0 radical (unpaired) electrons. The summed E-state index contributed by atoms with van der Waals surface area (Å²) in [5.41, 5.74) is 6.89. The fraction of sp³-hybridized carbons (Fsp3) is 0.688. The summed E-state index contributed by atoms with van der Waals surface area (Å²) in [6.07, 6.45) is 2.99. The summed E-state index contributed by atoms with van der Waals surface area (Å²) in [6.45, 7) is 7.97. The first-order valence-corrected chi connectivity index (χ1v) is 10.1. The van der Waals surface area contributed by atoms with Crippen molar-refractivity contribution >= 4 is 28.2 Å². The summed E-state index contributed by atoms with van der Waals surface area (Å²) in [6, 6.07) is 1.97. The molecule has 0 unspecified atom stereocenters. The predicted molar refractivity (Wildman–Crippen MR) is 95.0 cm³/mol. The largest absolute Gasteiger partial charge is 0.498 e. The standard InChI is InChI=1S/C16H25BN2O4S/c1-15(2)16(3,4)23-17(22-15)13-9-12(10-19-14(13)18)11-5-7-24(20,21)8-6-11/h9-11H,5-8H2,1-4H3,(H2,18,19). The van der Waals surface area contributed by atoms with Crippen LogP contribution in [0.4, 0.5) is 5.82 Å². The van der Waals surface area contributed by atoms with E-state index >= 15 is 0 Å². The molecule has 0 aromatic carbocycles. The Morgan fingerprint density at radius 3 is 2.25 bits per heavy atom. The van der Waals surface area contributed by atoms with E-state index in [4.69, 9.17) is 15.0 Å². The molecule has 0 amide bonds. The number of anilines is 1. The molecule has 3 rings (SSSR count). The first kappa shape index (κ1) is 17.7. The molecule has 0 spiro atoms. The average molecular weight is 352 g/mol. The highest BCUT2D eigenvalue weighted by Crippen LogP contribution is 2.37. The molecule has 8 heteroatoms. The van der Waals surface area contributed by atoms with E-state index in [1.54, 1.807) is 6.20 Å². The molecule has 0 atom stereocenters. The van der Waals surface area contributed by atoms with Crippen molar-refractivity contribution in [2.45, 2.75) is 57.7 Å². The highest BCUT2D eigenvalue weighted by Gasteiger charge is 2.52. The number of aromatic nitrogens is 1. The fourth-order valence-corrected chi connectivity index (χ4v) is 4.61. The average Bonchev–Trinajstić information content (AvgIpc) is 2.68. The van der Waals surface area contributed by atoms with E-state index in [0.29, 0.717) is 18.7 Å². The second-order valence-electron chi connectivity index (χ2n) is 7.76. The van der Waals surface area contributed by atoms with Crippen LogP contribution in [-0.4, -0.2) is 43.2 Å². The molecule has 1 aromatic heterocycles. The van der Waals surface area contributed by atoms with Gasteiger partial charge in [-0.2, -0.15) is 0 Å². The van der Waals surface area contributed by atoms with E-state index in [0.717, 1.165) is 11.0 Å². The van der Waals surface area contributed by atoms with Crippen molar-refractivity contribution in [2.24, 2.45) is 0 Å². The van der Waals surface area contributed by atoms with Crippen LogP contribution in [-0.2, 0) is 19.1 Å². The van der Waals surface area contributed by atoms with Crippen molar-refractivity contribution in [2.75, 3.05) is 17.2 Å². The zero-order valence-corrected chi connectivity index (χ0v) is 15.5. The summed E-state index contributed by atoms with van der Waals surface area (Å²) < 4.78 is 35.4. The first-order chi connectivity index (χ1) is 11.0. The minimum absolute atomic E-state index is 0.183. The number of rotatable bonds is 2. The van der Waals surface area contributed by atoms with Crippen LogP contribution in [0.3, 0.4) is 0 Å². The van der Waals surface area contributed by atoms with Crippen LogP contribution in [0.15, 0.2) is 12.3 Å². The molecule has 2 aliphatic heterocycles. The van der Waals surface area contributed by atoms with Gasteiger partial charge in [-0.1, -0.05) is 6.07 Å². The number of hydrogen-bond donors (Lipinski definition) is 1. The van der Waals surface area contributed by atoms with Crippen molar-refractivity contribution in [1.82, 2.24) is 4.98 Å². The fourth-order valence-electron chi connectivity index (χ4n) is 3.11. The SMILES string of the molecule is CC1(C)OB(c2cc(C3CCS(=O)(=O)CC3)cnc2N)OC1(C)C. The highest BCUT2D eigenvalue weighted by molar-refractivity contribution is 7.91. The molecule has 0 bridgehead atoms. The number of pyridine rings is 1. The summed E-state index contributed by atoms with van der Waals surface area (Å²) in [4.78, 5) is 4.30. The van der Waals surface area contributed by atoms with Crippen molar-refractivity contribution in [3.05, 3.63) is 17.8 Å². The lowest BCUT2D eigenvalue weighted by Crippen LogP contribution is -2.41. The van der Waals surface area contributed by atoms with Crippen LogP contribution in [0.5, 0.6) is 0 Å². The summed E-state index contributed by atoms with van der Waals surface area (Å²) in [5.74, 6) is 1.03. The smallest absolute Gasteiger partial charge is 0.399 e. The third-order valence-corrected chi connectivity index (χ3v) is 7.22. The zero-order chi connectivity index (χ0) is 17.8. The second-order valence-corrected chi connectivity index (χ2v) is 10.1. The Morgan fingerprint density at radius 2 is 1.71 bits per heavy atom. The molecule has 3 heterocycles. The first-order valence-electron chi connectivity index (χ1n) is 8.32. The third kappa shape index (κ3) is 3.19. The van der Waals surface area contributed by atoms with E-state index in [1.807, 2.05) is 33.8 Å². The molecular weight excluding hydrogens is 327 g/mol. The van der Waals surface area contributed by atoms with E-state index in [-0.39, 0.29) is 17.4 Å². The van der Waals surface area contributed by atoms with Crippen LogP contribution in [0, 0.1) is 0 Å². The molecule has 2 saturated heterocycles. The van der Waals surface area contributed by atoms with Crippen LogP contribution < -0.4 is 11.2 Å². The van der Waals surface area contributed by atoms with Gasteiger partial charge in [0.1, 0.15) is 15.7 Å². The Bertz CT molecular complexity index is 718. The van der Waals surface area contributed by atoms with E-state index < -0.39 is 28.2 Å². The number of nitrogens with zero attached hydrogens (tertiary/aromatic N) is 1. The molecule has 2 aliphatic rings. The lowest BCUT2D eigenvalue weighted by atomic mass is 9.77. The second kappa shape index (κ2) is 5.71. The molecule has 1 aromatic rings. The molecule has 2 fully saturated rings. The van der Waals surface area contributed by atoms with Crippen LogP contribution in [0.2, 0.25) is 0 Å². The minimum atomic E-state index is -2.88. The van der Waals surface area contributed by atoms with Gasteiger partial charge in [0.05, 0.1) is 22.7 Å². The summed E-state index contributed by atoms with van der Waals surface area (Å²) in [5, 5.41) is 0. The van der Waals surface area contributed by atoms with Gasteiger partial charge in [-0.15, -0.1) is 0 Å². The van der Waals surface area contributed by atoms with Gasteiger partial charge in [0.2, 0.25) is 0 Å². The normalized spacial score (nSPS) is 25.8. The van der Waals surface area contributed by atoms with Gasteiger partial charge in [-0.25, -0.2) is 13.4 Å². The van der Waals surface area contributed by atoms with Crippen LogP contribution in [0.25, 0.3) is 0 Å². The van der Waals surface area contributed by atoms with Crippen LogP contribution in [0.1, 0.15) is 52.0 Å². The molecule has 6 nitrogen and oxygen atoms in total. The third-order valence-electron chi connectivity index (χ3n) is 5.50. The van der Waals surface area contributed by atoms with Crippen molar-refractivity contribution in [3.63, 3.8) is 0 Å². The maximum Gasteiger partial charge on any atom is 0.498 e. The highest BCUT2D eigenvalue weighted by atomic mass is 32.2. The molecule has 0 saturated carbocycles. The van der Waals surface area contributed by atoms with Gasteiger partial charge in [0.25, 0.3) is 0 Å².